The largest absolute Gasteiger partial charge is 0.352 e. The van der Waals surface area contributed by atoms with Crippen LogP contribution in [0.25, 0.3) is 0 Å². The van der Waals surface area contributed by atoms with Crippen LogP contribution in [-0.2, 0) is 11.3 Å². The molecule has 2 atom stereocenters. The summed E-state index contributed by atoms with van der Waals surface area (Å²) in [5, 5.41) is 6.15. The Hall–Kier alpha value is -1.29. The molecule has 1 heterocycles. The molecule has 4 heteroatoms. The molecular formula is C13H23N3O. The van der Waals surface area contributed by atoms with Crippen molar-refractivity contribution in [1.82, 2.24) is 15.2 Å². The van der Waals surface area contributed by atoms with Crippen LogP contribution in [0.15, 0.2) is 18.3 Å². The fourth-order valence-corrected chi connectivity index (χ4v) is 1.69. The first-order valence-electron chi connectivity index (χ1n) is 6.20. The van der Waals surface area contributed by atoms with E-state index in [4.69, 9.17) is 0 Å². The van der Waals surface area contributed by atoms with Crippen molar-refractivity contribution < 1.29 is 4.79 Å². The molecule has 0 saturated heterocycles. The van der Waals surface area contributed by atoms with Crippen molar-refractivity contribution in [2.45, 2.75) is 45.8 Å². The molecule has 1 aromatic rings. The van der Waals surface area contributed by atoms with Crippen molar-refractivity contribution in [3.63, 3.8) is 0 Å². The van der Waals surface area contributed by atoms with E-state index in [0.717, 1.165) is 12.1 Å². The number of rotatable bonds is 6. The summed E-state index contributed by atoms with van der Waals surface area (Å²) < 4.78 is 1.98. The van der Waals surface area contributed by atoms with E-state index in [1.165, 1.54) is 0 Å². The number of nitrogens with one attached hydrogen (secondary N) is 2. The van der Waals surface area contributed by atoms with Crippen molar-refractivity contribution in [3.8, 4) is 0 Å². The van der Waals surface area contributed by atoms with Gasteiger partial charge in [-0.2, -0.15) is 0 Å². The summed E-state index contributed by atoms with van der Waals surface area (Å²) in [5.41, 5.74) is 1.13. The standard InChI is InChI=1S/C13H23N3O/c1-5-10(2)15-13(17)9-16-8-6-7-12(16)11(3)14-4/h6-8,10-11,14H,5,9H2,1-4H3,(H,15,17). The van der Waals surface area contributed by atoms with E-state index in [-0.39, 0.29) is 18.0 Å². The molecule has 1 aromatic heterocycles. The number of carbonyl (C=O) groups is 1. The summed E-state index contributed by atoms with van der Waals surface area (Å²) in [6, 6.07) is 4.50. The van der Waals surface area contributed by atoms with Crippen LogP contribution in [0.5, 0.6) is 0 Å². The third-order valence-electron chi connectivity index (χ3n) is 3.08. The fraction of sp³-hybridized carbons (Fsp3) is 0.615. The number of amides is 1. The molecule has 0 fully saturated rings. The van der Waals surface area contributed by atoms with Crippen LogP contribution >= 0.6 is 0 Å². The van der Waals surface area contributed by atoms with E-state index in [2.05, 4.69) is 24.5 Å². The van der Waals surface area contributed by atoms with Crippen LogP contribution in [0.3, 0.4) is 0 Å². The van der Waals surface area contributed by atoms with E-state index >= 15 is 0 Å². The SMILES string of the molecule is CCC(C)NC(=O)Cn1cccc1C(C)NC. The molecule has 1 amide bonds. The lowest BCUT2D eigenvalue weighted by atomic mass is 10.2. The van der Waals surface area contributed by atoms with Gasteiger partial charge in [-0.25, -0.2) is 0 Å². The normalized spacial score (nSPS) is 14.4. The number of hydrogen-bond acceptors (Lipinski definition) is 2. The molecule has 0 spiro atoms. The molecule has 0 bridgehead atoms. The summed E-state index contributed by atoms with van der Waals surface area (Å²) in [6.45, 7) is 6.55. The number of hydrogen-bond donors (Lipinski definition) is 2. The minimum atomic E-state index is 0.0695. The van der Waals surface area contributed by atoms with Gasteiger partial charge in [0, 0.05) is 24.0 Å². The van der Waals surface area contributed by atoms with Crippen molar-refractivity contribution in [2.75, 3.05) is 7.05 Å². The Bertz CT molecular complexity index is 359. The molecule has 4 nitrogen and oxygen atoms in total. The van der Waals surface area contributed by atoms with Gasteiger partial charge in [-0.1, -0.05) is 6.92 Å². The topological polar surface area (TPSA) is 46.1 Å². The second kappa shape index (κ2) is 6.45. The van der Waals surface area contributed by atoms with Gasteiger partial charge in [0.1, 0.15) is 6.54 Å². The second-order valence-corrected chi connectivity index (χ2v) is 4.45. The number of nitrogens with zero attached hydrogens (tertiary/aromatic N) is 1. The van der Waals surface area contributed by atoms with E-state index in [0.29, 0.717) is 6.54 Å². The Morgan fingerprint density at radius 3 is 2.76 bits per heavy atom. The van der Waals surface area contributed by atoms with Gasteiger partial charge in [-0.3, -0.25) is 4.79 Å². The van der Waals surface area contributed by atoms with Gasteiger partial charge in [0.25, 0.3) is 0 Å². The number of aromatic nitrogens is 1. The maximum Gasteiger partial charge on any atom is 0.240 e. The molecule has 2 N–H and O–H groups in total. The minimum absolute atomic E-state index is 0.0695. The van der Waals surface area contributed by atoms with Gasteiger partial charge in [0.05, 0.1) is 0 Å². The van der Waals surface area contributed by atoms with E-state index in [1.807, 2.05) is 36.9 Å². The highest BCUT2D eigenvalue weighted by Crippen LogP contribution is 2.12. The van der Waals surface area contributed by atoms with Gasteiger partial charge in [-0.05, 0) is 39.4 Å². The van der Waals surface area contributed by atoms with Crippen LogP contribution < -0.4 is 10.6 Å². The smallest absolute Gasteiger partial charge is 0.240 e. The van der Waals surface area contributed by atoms with Gasteiger partial charge >= 0.3 is 0 Å². The molecule has 0 aromatic carbocycles. The monoisotopic (exact) mass is 237 g/mol. The zero-order valence-electron chi connectivity index (χ0n) is 11.2. The van der Waals surface area contributed by atoms with Crippen LogP contribution in [-0.4, -0.2) is 23.6 Å². The Balaban J connectivity index is 2.62. The van der Waals surface area contributed by atoms with E-state index < -0.39 is 0 Å². The summed E-state index contributed by atoms with van der Waals surface area (Å²) in [6.07, 6.45) is 2.90. The molecule has 0 aliphatic rings. The van der Waals surface area contributed by atoms with Crippen LogP contribution in [0.1, 0.15) is 38.9 Å². The first kappa shape index (κ1) is 13.8. The molecule has 0 aliphatic carbocycles. The lowest BCUT2D eigenvalue weighted by Crippen LogP contribution is -2.35. The average molecular weight is 237 g/mol. The van der Waals surface area contributed by atoms with E-state index in [9.17, 15) is 4.79 Å². The summed E-state index contributed by atoms with van der Waals surface area (Å²) >= 11 is 0. The lowest BCUT2D eigenvalue weighted by Gasteiger charge is -2.16. The molecule has 2 unspecified atom stereocenters. The Morgan fingerprint density at radius 2 is 2.18 bits per heavy atom. The summed E-state index contributed by atoms with van der Waals surface area (Å²) in [5.74, 6) is 0.0695. The molecule has 1 rings (SSSR count). The average Bonchev–Trinajstić information content (AvgIpc) is 2.75. The first-order valence-corrected chi connectivity index (χ1v) is 6.20. The third-order valence-corrected chi connectivity index (χ3v) is 3.08. The first-order chi connectivity index (χ1) is 8.08. The summed E-state index contributed by atoms with van der Waals surface area (Å²) in [7, 11) is 1.92. The van der Waals surface area contributed by atoms with Crippen LogP contribution in [0, 0.1) is 0 Å². The molecule has 0 radical (unpaired) electrons. The second-order valence-electron chi connectivity index (χ2n) is 4.45. The quantitative estimate of drug-likeness (QED) is 0.791. The molecule has 0 aliphatic heterocycles. The van der Waals surface area contributed by atoms with Crippen molar-refractivity contribution >= 4 is 5.91 Å². The van der Waals surface area contributed by atoms with Crippen molar-refractivity contribution in [2.24, 2.45) is 0 Å². The fourth-order valence-electron chi connectivity index (χ4n) is 1.69. The molecule has 0 saturated carbocycles. The highest BCUT2D eigenvalue weighted by Gasteiger charge is 2.11. The highest BCUT2D eigenvalue weighted by atomic mass is 16.2. The molecule has 17 heavy (non-hydrogen) atoms. The minimum Gasteiger partial charge on any atom is -0.352 e. The third kappa shape index (κ3) is 3.89. The highest BCUT2D eigenvalue weighted by molar-refractivity contribution is 5.76. The predicted molar refractivity (Wildman–Crippen MR) is 69.8 cm³/mol. The van der Waals surface area contributed by atoms with Gasteiger partial charge < -0.3 is 15.2 Å². The Kier molecular flexibility index (Phi) is 5.22. The lowest BCUT2D eigenvalue weighted by molar-refractivity contribution is -0.122. The Morgan fingerprint density at radius 1 is 1.47 bits per heavy atom. The molecular weight excluding hydrogens is 214 g/mol. The van der Waals surface area contributed by atoms with Crippen LogP contribution in [0.2, 0.25) is 0 Å². The van der Waals surface area contributed by atoms with Crippen molar-refractivity contribution in [1.29, 1.82) is 0 Å². The van der Waals surface area contributed by atoms with Gasteiger partial charge in [0.15, 0.2) is 0 Å². The zero-order valence-corrected chi connectivity index (χ0v) is 11.2. The maximum atomic E-state index is 11.8. The maximum absolute atomic E-state index is 11.8. The summed E-state index contributed by atoms with van der Waals surface area (Å²) in [4.78, 5) is 11.8. The van der Waals surface area contributed by atoms with Crippen molar-refractivity contribution in [3.05, 3.63) is 24.0 Å². The van der Waals surface area contributed by atoms with E-state index in [1.54, 1.807) is 0 Å². The predicted octanol–water partition coefficient (Wildman–Crippen LogP) is 1.68. The van der Waals surface area contributed by atoms with Gasteiger partial charge in [0.2, 0.25) is 5.91 Å². The van der Waals surface area contributed by atoms with Crippen LogP contribution in [0.4, 0.5) is 0 Å². The van der Waals surface area contributed by atoms with Gasteiger partial charge in [-0.15, -0.1) is 0 Å². The number of carbonyl (C=O) groups excluding carboxylic acids is 1. The zero-order chi connectivity index (χ0) is 12.8. The molecule has 96 valence electrons. The Labute approximate surface area is 103 Å².